The number of aliphatic hydroxyl groups excluding tert-OH is 2. The summed E-state index contributed by atoms with van der Waals surface area (Å²) in [6.45, 7) is 2.07. The first-order chi connectivity index (χ1) is 8.08. The summed E-state index contributed by atoms with van der Waals surface area (Å²) in [4.78, 5) is 12.0. The minimum Gasteiger partial charge on any atom is -0.391 e. The van der Waals surface area contributed by atoms with Crippen molar-refractivity contribution >= 4 is 17.1 Å². The highest BCUT2D eigenvalue weighted by Gasteiger charge is 2.12. The van der Waals surface area contributed by atoms with Gasteiger partial charge in [0.05, 0.1) is 24.7 Å². The van der Waals surface area contributed by atoms with E-state index in [-0.39, 0.29) is 5.95 Å². The summed E-state index contributed by atoms with van der Waals surface area (Å²) < 4.78 is 1.78. The Morgan fingerprint density at radius 2 is 2.18 bits per heavy atom. The number of aromatic nitrogens is 4. The molecule has 2 aromatic rings. The second-order valence-electron chi connectivity index (χ2n) is 3.97. The van der Waals surface area contributed by atoms with Crippen LogP contribution in [0.15, 0.2) is 12.5 Å². The number of imidazole rings is 1. The van der Waals surface area contributed by atoms with Crippen LogP contribution in [0, 0.1) is 0 Å². The molecule has 0 spiro atoms. The molecule has 2 aromatic heterocycles. The number of rotatable bonds is 4. The van der Waals surface area contributed by atoms with E-state index in [4.69, 9.17) is 5.73 Å². The van der Waals surface area contributed by atoms with Crippen molar-refractivity contribution in [3.05, 3.63) is 12.5 Å². The first-order valence-electron chi connectivity index (χ1n) is 5.37. The normalized spacial score (nSPS) is 15.0. The average Bonchev–Trinajstić information content (AvgIpc) is 2.68. The fraction of sp³-hybridized carbons (Fsp3) is 0.500. The highest BCUT2D eigenvalue weighted by molar-refractivity contribution is 5.70. The topological polar surface area (TPSA) is 110 Å². The summed E-state index contributed by atoms with van der Waals surface area (Å²) >= 11 is 0. The molecule has 92 valence electrons. The summed E-state index contributed by atoms with van der Waals surface area (Å²) in [6.07, 6.45) is 2.09. The number of aryl methyl sites for hydroxylation is 1. The van der Waals surface area contributed by atoms with E-state index in [9.17, 15) is 10.2 Å². The molecule has 2 atom stereocenters. The van der Waals surface area contributed by atoms with E-state index in [1.54, 1.807) is 24.0 Å². The molecule has 0 aliphatic rings. The van der Waals surface area contributed by atoms with Gasteiger partial charge in [0.15, 0.2) is 5.65 Å². The van der Waals surface area contributed by atoms with Crippen LogP contribution in [0.4, 0.5) is 5.95 Å². The molecule has 0 bridgehead atoms. The quantitative estimate of drug-likeness (QED) is 0.663. The second kappa shape index (κ2) is 4.64. The Bertz CT molecular complexity index is 510. The van der Waals surface area contributed by atoms with Crippen molar-refractivity contribution in [3.63, 3.8) is 0 Å². The zero-order valence-corrected chi connectivity index (χ0v) is 9.48. The van der Waals surface area contributed by atoms with Crippen LogP contribution in [-0.4, -0.2) is 41.9 Å². The van der Waals surface area contributed by atoms with Crippen LogP contribution in [0.3, 0.4) is 0 Å². The van der Waals surface area contributed by atoms with Crippen molar-refractivity contribution in [3.8, 4) is 0 Å². The van der Waals surface area contributed by atoms with Crippen LogP contribution in [0.2, 0.25) is 0 Å². The molecule has 7 nitrogen and oxygen atoms in total. The standard InChI is InChI=1S/C10H15N5O2/c1-6(16)8(17)2-3-15-5-13-7-4-12-10(11)14-9(7)15/h4-6,8,16-17H,2-3H2,1H3,(H2,11,12,14). The van der Waals surface area contributed by atoms with Crippen molar-refractivity contribution in [2.75, 3.05) is 5.73 Å². The molecule has 0 aliphatic carbocycles. The van der Waals surface area contributed by atoms with Crippen LogP contribution < -0.4 is 5.73 Å². The molecule has 2 heterocycles. The fourth-order valence-electron chi connectivity index (χ4n) is 1.54. The molecule has 0 radical (unpaired) electrons. The Kier molecular flexibility index (Phi) is 3.21. The highest BCUT2D eigenvalue weighted by Crippen LogP contribution is 2.11. The smallest absolute Gasteiger partial charge is 0.222 e. The van der Waals surface area contributed by atoms with Crippen molar-refractivity contribution < 1.29 is 10.2 Å². The van der Waals surface area contributed by atoms with Crippen LogP contribution in [0.5, 0.6) is 0 Å². The van der Waals surface area contributed by atoms with Gasteiger partial charge in [0, 0.05) is 6.54 Å². The molecule has 2 unspecified atom stereocenters. The molecule has 2 rings (SSSR count). The van der Waals surface area contributed by atoms with Gasteiger partial charge in [-0.25, -0.2) is 9.97 Å². The first-order valence-corrected chi connectivity index (χ1v) is 5.37. The van der Waals surface area contributed by atoms with E-state index in [2.05, 4.69) is 15.0 Å². The molecule has 7 heteroatoms. The fourth-order valence-corrected chi connectivity index (χ4v) is 1.54. The third kappa shape index (κ3) is 2.51. The number of hydrogen-bond donors (Lipinski definition) is 3. The maximum absolute atomic E-state index is 9.51. The first kappa shape index (κ1) is 11.7. The average molecular weight is 237 g/mol. The van der Waals surface area contributed by atoms with Gasteiger partial charge in [0.25, 0.3) is 0 Å². The van der Waals surface area contributed by atoms with Gasteiger partial charge in [0.2, 0.25) is 5.95 Å². The molecular formula is C10H15N5O2. The third-order valence-corrected chi connectivity index (χ3v) is 2.60. The molecule has 0 saturated heterocycles. The van der Waals surface area contributed by atoms with Gasteiger partial charge in [-0.2, -0.15) is 4.98 Å². The van der Waals surface area contributed by atoms with E-state index in [0.717, 1.165) is 0 Å². The van der Waals surface area contributed by atoms with Gasteiger partial charge in [-0.05, 0) is 13.3 Å². The zero-order chi connectivity index (χ0) is 12.4. The predicted octanol–water partition coefficient (Wildman–Crippen LogP) is -0.460. The minimum absolute atomic E-state index is 0.190. The minimum atomic E-state index is -0.758. The van der Waals surface area contributed by atoms with Gasteiger partial charge in [-0.1, -0.05) is 0 Å². The van der Waals surface area contributed by atoms with Crippen molar-refractivity contribution in [2.45, 2.75) is 32.1 Å². The number of anilines is 1. The molecule has 0 aromatic carbocycles. The molecule has 4 N–H and O–H groups in total. The summed E-state index contributed by atoms with van der Waals surface area (Å²) in [7, 11) is 0. The number of nitrogens with zero attached hydrogens (tertiary/aromatic N) is 4. The van der Waals surface area contributed by atoms with Crippen LogP contribution in [0.1, 0.15) is 13.3 Å². The van der Waals surface area contributed by atoms with Crippen LogP contribution in [0.25, 0.3) is 11.2 Å². The second-order valence-corrected chi connectivity index (χ2v) is 3.97. The third-order valence-electron chi connectivity index (χ3n) is 2.60. The lowest BCUT2D eigenvalue weighted by molar-refractivity contribution is 0.0238. The van der Waals surface area contributed by atoms with Crippen molar-refractivity contribution in [1.82, 2.24) is 19.5 Å². The molecular weight excluding hydrogens is 222 g/mol. The van der Waals surface area contributed by atoms with Gasteiger partial charge in [-0.15, -0.1) is 0 Å². The molecule has 0 amide bonds. The summed E-state index contributed by atoms with van der Waals surface area (Å²) in [5.41, 5.74) is 6.80. The zero-order valence-electron chi connectivity index (χ0n) is 9.48. The lowest BCUT2D eigenvalue weighted by Gasteiger charge is -2.13. The number of nitrogen functional groups attached to an aromatic ring is 1. The monoisotopic (exact) mass is 237 g/mol. The Balaban J connectivity index is 2.16. The number of nitrogens with two attached hydrogens (primary N) is 1. The SMILES string of the molecule is CC(O)C(O)CCn1cnc2cnc(N)nc21. The van der Waals surface area contributed by atoms with E-state index in [1.165, 1.54) is 0 Å². The maximum Gasteiger partial charge on any atom is 0.222 e. The van der Waals surface area contributed by atoms with Gasteiger partial charge in [-0.3, -0.25) is 0 Å². The highest BCUT2D eigenvalue weighted by atomic mass is 16.3. The Morgan fingerprint density at radius 1 is 1.41 bits per heavy atom. The van der Waals surface area contributed by atoms with E-state index in [0.29, 0.717) is 24.1 Å². The van der Waals surface area contributed by atoms with Crippen molar-refractivity contribution in [2.24, 2.45) is 0 Å². The van der Waals surface area contributed by atoms with Gasteiger partial charge in [0.1, 0.15) is 5.52 Å². The molecule has 0 aliphatic heterocycles. The van der Waals surface area contributed by atoms with Gasteiger partial charge < -0.3 is 20.5 Å². The van der Waals surface area contributed by atoms with E-state index in [1.807, 2.05) is 0 Å². The lowest BCUT2D eigenvalue weighted by Crippen LogP contribution is -2.23. The Morgan fingerprint density at radius 3 is 2.88 bits per heavy atom. The van der Waals surface area contributed by atoms with Crippen LogP contribution in [-0.2, 0) is 6.54 Å². The van der Waals surface area contributed by atoms with E-state index >= 15 is 0 Å². The predicted molar refractivity (Wildman–Crippen MR) is 62.0 cm³/mol. The largest absolute Gasteiger partial charge is 0.391 e. The molecule has 0 fully saturated rings. The van der Waals surface area contributed by atoms with Crippen LogP contribution >= 0.6 is 0 Å². The molecule has 0 saturated carbocycles. The Hall–Kier alpha value is -1.73. The number of hydrogen-bond acceptors (Lipinski definition) is 6. The van der Waals surface area contributed by atoms with E-state index < -0.39 is 12.2 Å². The summed E-state index contributed by atoms with van der Waals surface area (Å²) in [6, 6.07) is 0. The number of fused-ring (bicyclic) bond motifs is 1. The lowest BCUT2D eigenvalue weighted by atomic mass is 10.1. The number of aliphatic hydroxyl groups is 2. The van der Waals surface area contributed by atoms with Crippen molar-refractivity contribution in [1.29, 1.82) is 0 Å². The summed E-state index contributed by atoms with van der Waals surface area (Å²) in [5, 5.41) is 18.7. The Labute approximate surface area is 97.9 Å². The summed E-state index contributed by atoms with van der Waals surface area (Å²) in [5.74, 6) is 0.190. The van der Waals surface area contributed by atoms with Gasteiger partial charge >= 0.3 is 0 Å². The maximum atomic E-state index is 9.51. The molecule has 17 heavy (non-hydrogen) atoms.